The van der Waals surface area contributed by atoms with Gasteiger partial charge in [-0.25, -0.2) is 0 Å². The van der Waals surface area contributed by atoms with Gasteiger partial charge in [0.05, 0.1) is 0 Å². The smallest absolute Gasteiger partial charge is 0.118 e. The van der Waals surface area contributed by atoms with Crippen molar-refractivity contribution in [2.75, 3.05) is 13.1 Å². The van der Waals surface area contributed by atoms with Crippen LogP contribution in [-0.4, -0.2) is 28.6 Å². The van der Waals surface area contributed by atoms with Crippen molar-refractivity contribution < 1.29 is 5.11 Å². The number of rotatable bonds is 5. The molecule has 0 aromatic heterocycles. The standard InChI is InChI=1S/C22H29NO/c1-18(17-23-16-10-15-21(23,2)3)22(24,19-11-6-4-7-12-19)20-13-8-5-9-14-20/h4-9,11-14,18,24H,10,15-17H2,1-3H3. The van der Waals surface area contributed by atoms with Gasteiger partial charge in [-0.15, -0.1) is 0 Å². The Balaban J connectivity index is 1.96. The van der Waals surface area contributed by atoms with E-state index in [-0.39, 0.29) is 11.5 Å². The summed E-state index contributed by atoms with van der Waals surface area (Å²) in [4.78, 5) is 2.54. The summed E-state index contributed by atoms with van der Waals surface area (Å²) in [7, 11) is 0. The number of nitrogens with zero attached hydrogens (tertiary/aromatic N) is 1. The highest BCUT2D eigenvalue weighted by molar-refractivity contribution is 5.36. The Labute approximate surface area is 146 Å². The summed E-state index contributed by atoms with van der Waals surface area (Å²) in [5.74, 6) is 0.0969. The number of aliphatic hydroxyl groups is 1. The summed E-state index contributed by atoms with van der Waals surface area (Å²) in [6.07, 6.45) is 2.48. The van der Waals surface area contributed by atoms with Gasteiger partial charge >= 0.3 is 0 Å². The SMILES string of the molecule is CC(CN1CCCC1(C)C)C(O)(c1ccccc1)c1ccccc1. The molecule has 1 atom stereocenters. The largest absolute Gasteiger partial charge is 0.380 e. The van der Waals surface area contributed by atoms with Crippen molar-refractivity contribution in [3.05, 3.63) is 71.8 Å². The van der Waals surface area contributed by atoms with E-state index >= 15 is 0 Å². The molecular weight excluding hydrogens is 294 g/mol. The summed E-state index contributed by atoms with van der Waals surface area (Å²) >= 11 is 0. The third-order valence-electron chi connectivity index (χ3n) is 5.71. The lowest BCUT2D eigenvalue weighted by Crippen LogP contribution is -2.46. The van der Waals surface area contributed by atoms with Crippen molar-refractivity contribution in [1.29, 1.82) is 0 Å². The Morgan fingerprint density at radius 3 is 1.92 bits per heavy atom. The van der Waals surface area contributed by atoms with E-state index in [2.05, 4.69) is 25.7 Å². The van der Waals surface area contributed by atoms with Gasteiger partial charge in [-0.2, -0.15) is 0 Å². The van der Waals surface area contributed by atoms with E-state index in [1.807, 2.05) is 60.7 Å². The van der Waals surface area contributed by atoms with Gasteiger partial charge < -0.3 is 5.11 Å². The number of hydrogen-bond acceptors (Lipinski definition) is 2. The van der Waals surface area contributed by atoms with Crippen LogP contribution in [0, 0.1) is 5.92 Å². The van der Waals surface area contributed by atoms with Crippen LogP contribution in [0.15, 0.2) is 60.7 Å². The van der Waals surface area contributed by atoms with E-state index < -0.39 is 5.60 Å². The zero-order valence-electron chi connectivity index (χ0n) is 15.1. The molecule has 1 heterocycles. The Hall–Kier alpha value is -1.64. The lowest BCUT2D eigenvalue weighted by Gasteiger charge is -2.41. The Morgan fingerprint density at radius 1 is 1.00 bits per heavy atom. The van der Waals surface area contributed by atoms with Crippen LogP contribution in [0.2, 0.25) is 0 Å². The monoisotopic (exact) mass is 323 g/mol. The fourth-order valence-electron chi connectivity index (χ4n) is 4.08. The minimum Gasteiger partial charge on any atom is -0.380 e. The summed E-state index contributed by atoms with van der Waals surface area (Å²) in [5, 5.41) is 11.8. The van der Waals surface area contributed by atoms with Gasteiger partial charge in [-0.05, 0) is 44.4 Å². The van der Waals surface area contributed by atoms with Crippen LogP contribution < -0.4 is 0 Å². The number of benzene rings is 2. The molecule has 2 aromatic carbocycles. The van der Waals surface area contributed by atoms with E-state index in [4.69, 9.17) is 0 Å². The lowest BCUT2D eigenvalue weighted by atomic mass is 9.76. The number of likely N-dealkylation sites (tertiary alicyclic amines) is 1. The van der Waals surface area contributed by atoms with E-state index in [1.54, 1.807) is 0 Å². The fourth-order valence-corrected chi connectivity index (χ4v) is 4.08. The molecule has 0 saturated carbocycles. The van der Waals surface area contributed by atoms with Crippen LogP contribution in [0.3, 0.4) is 0 Å². The van der Waals surface area contributed by atoms with Crippen molar-refractivity contribution >= 4 is 0 Å². The average Bonchev–Trinajstić information content (AvgIpc) is 2.94. The maximum atomic E-state index is 11.8. The highest BCUT2D eigenvalue weighted by Crippen LogP contribution is 2.39. The van der Waals surface area contributed by atoms with Crippen LogP contribution in [0.1, 0.15) is 44.7 Å². The zero-order chi connectivity index (χ0) is 17.2. The van der Waals surface area contributed by atoms with Crippen molar-refractivity contribution in [3.8, 4) is 0 Å². The normalized spacial score (nSPS) is 19.3. The van der Waals surface area contributed by atoms with Gasteiger partial charge in [0.15, 0.2) is 0 Å². The van der Waals surface area contributed by atoms with E-state index in [0.717, 1.165) is 24.2 Å². The minimum absolute atomic E-state index is 0.0969. The quantitative estimate of drug-likeness (QED) is 0.879. The van der Waals surface area contributed by atoms with E-state index in [1.165, 1.54) is 12.8 Å². The summed E-state index contributed by atoms with van der Waals surface area (Å²) in [5.41, 5.74) is 1.20. The predicted molar refractivity (Wildman–Crippen MR) is 99.9 cm³/mol. The molecule has 2 nitrogen and oxygen atoms in total. The third kappa shape index (κ3) is 3.13. The molecule has 1 aliphatic rings. The van der Waals surface area contributed by atoms with E-state index in [9.17, 15) is 5.11 Å². The molecule has 24 heavy (non-hydrogen) atoms. The summed E-state index contributed by atoms with van der Waals surface area (Å²) in [6, 6.07) is 20.2. The van der Waals surface area contributed by atoms with Crippen molar-refractivity contribution in [2.24, 2.45) is 5.92 Å². The van der Waals surface area contributed by atoms with Crippen LogP contribution in [0.4, 0.5) is 0 Å². The molecule has 2 heteroatoms. The zero-order valence-corrected chi connectivity index (χ0v) is 15.1. The molecule has 0 bridgehead atoms. The van der Waals surface area contributed by atoms with Gasteiger partial charge in [0.2, 0.25) is 0 Å². The first kappa shape index (κ1) is 17.2. The molecule has 0 amide bonds. The molecule has 3 rings (SSSR count). The first-order chi connectivity index (χ1) is 11.4. The van der Waals surface area contributed by atoms with Gasteiger partial charge in [0.25, 0.3) is 0 Å². The molecule has 2 aromatic rings. The third-order valence-corrected chi connectivity index (χ3v) is 5.71. The maximum absolute atomic E-state index is 11.8. The maximum Gasteiger partial charge on any atom is 0.118 e. The average molecular weight is 323 g/mol. The fraction of sp³-hybridized carbons (Fsp3) is 0.455. The Bertz CT molecular complexity index is 611. The van der Waals surface area contributed by atoms with Crippen LogP contribution in [0.25, 0.3) is 0 Å². The number of hydrogen-bond donors (Lipinski definition) is 1. The topological polar surface area (TPSA) is 23.5 Å². The predicted octanol–water partition coefficient (Wildman–Crippen LogP) is 4.43. The Kier molecular flexibility index (Phi) is 4.80. The van der Waals surface area contributed by atoms with E-state index in [0.29, 0.717) is 0 Å². The highest BCUT2D eigenvalue weighted by atomic mass is 16.3. The molecule has 0 aliphatic carbocycles. The minimum atomic E-state index is -0.971. The highest BCUT2D eigenvalue weighted by Gasteiger charge is 2.41. The summed E-state index contributed by atoms with van der Waals surface area (Å²) in [6.45, 7) is 8.83. The molecule has 1 unspecified atom stereocenters. The van der Waals surface area contributed by atoms with Gasteiger partial charge in [0.1, 0.15) is 5.60 Å². The van der Waals surface area contributed by atoms with Crippen molar-refractivity contribution in [2.45, 2.75) is 44.8 Å². The molecule has 1 saturated heterocycles. The molecule has 1 aliphatic heterocycles. The van der Waals surface area contributed by atoms with Crippen LogP contribution >= 0.6 is 0 Å². The van der Waals surface area contributed by atoms with Crippen molar-refractivity contribution in [1.82, 2.24) is 4.90 Å². The van der Waals surface area contributed by atoms with Crippen molar-refractivity contribution in [3.63, 3.8) is 0 Å². The molecular formula is C22H29NO. The van der Waals surface area contributed by atoms with Crippen LogP contribution in [-0.2, 0) is 5.60 Å². The lowest BCUT2D eigenvalue weighted by molar-refractivity contribution is -0.00166. The summed E-state index contributed by atoms with van der Waals surface area (Å²) < 4.78 is 0. The van der Waals surface area contributed by atoms with Crippen LogP contribution in [0.5, 0.6) is 0 Å². The first-order valence-corrected chi connectivity index (χ1v) is 9.03. The second kappa shape index (κ2) is 6.70. The molecule has 1 N–H and O–H groups in total. The van der Waals surface area contributed by atoms with Gasteiger partial charge in [-0.3, -0.25) is 4.90 Å². The molecule has 0 radical (unpaired) electrons. The van der Waals surface area contributed by atoms with Gasteiger partial charge in [-0.1, -0.05) is 67.6 Å². The molecule has 0 spiro atoms. The second-order valence-electron chi connectivity index (χ2n) is 7.76. The first-order valence-electron chi connectivity index (χ1n) is 9.03. The molecule has 1 fully saturated rings. The molecule has 128 valence electrons. The van der Waals surface area contributed by atoms with Gasteiger partial charge in [0, 0.05) is 18.0 Å². The second-order valence-corrected chi connectivity index (χ2v) is 7.76. The Morgan fingerprint density at radius 2 is 1.50 bits per heavy atom.